The fraction of sp³-hybridized carbons (Fsp3) is 0.368. The van der Waals surface area contributed by atoms with Gasteiger partial charge in [-0.05, 0) is 37.8 Å². The second-order valence-corrected chi connectivity index (χ2v) is 7.01. The van der Waals surface area contributed by atoms with Crippen LogP contribution >= 0.6 is 23.2 Å². The summed E-state index contributed by atoms with van der Waals surface area (Å²) in [7, 11) is 1.49. The van der Waals surface area contributed by atoms with Crippen molar-refractivity contribution in [2.75, 3.05) is 7.11 Å². The van der Waals surface area contributed by atoms with Gasteiger partial charge in [0.15, 0.2) is 17.3 Å². The lowest BCUT2D eigenvalue weighted by Gasteiger charge is -2.18. The van der Waals surface area contributed by atoms with Crippen LogP contribution in [0.2, 0.25) is 10.0 Å². The molecule has 1 saturated carbocycles. The van der Waals surface area contributed by atoms with Crippen LogP contribution in [0.25, 0.3) is 0 Å². The predicted octanol–water partition coefficient (Wildman–Crippen LogP) is 4.85. The number of ether oxygens (including phenoxy) is 2. The van der Waals surface area contributed by atoms with Gasteiger partial charge >= 0.3 is 0 Å². The Kier molecular flexibility index (Phi) is 5.89. The maximum Gasteiger partial charge on any atom is 0.204 e. The van der Waals surface area contributed by atoms with E-state index in [-0.39, 0.29) is 35.4 Å². The third-order valence-electron chi connectivity index (χ3n) is 4.49. The van der Waals surface area contributed by atoms with E-state index in [1.807, 2.05) is 0 Å². The summed E-state index contributed by atoms with van der Waals surface area (Å²) in [5, 5.41) is 11.3. The number of carbonyl (C=O) groups excluding carboxylic acids is 1. The molecule has 0 spiro atoms. The van der Waals surface area contributed by atoms with Crippen LogP contribution in [0.15, 0.2) is 24.5 Å². The average Bonchev–Trinajstić information content (AvgIpc) is 3.13. The number of Topliss-reactive ketones (excluding diaryl/α,β-unsaturated/α-hetero) is 1. The highest BCUT2D eigenvalue weighted by atomic mass is 35.5. The summed E-state index contributed by atoms with van der Waals surface area (Å²) < 4.78 is 11.2. The maximum atomic E-state index is 12.7. The highest BCUT2D eigenvalue weighted by Gasteiger charge is 2.25. The third kappa shape index (κ3) is 3.89. The van der Waals surface area contributed by atoms with E-state index in [4.69, 9.17) is 32.7 Å². The largest absolute Gasteiger partial charge is 0.504 e. The summed E-state index contributed by atoms with van der Waals surface area (Å²) in [5.74, 6) is 0.0575. The van der Waals surface area contributed by atoms with Crippen LogP contribution in [0.4, 0.5) is 0 Å². The summed E-state index contributed by atoms with van der Waals surface area (Å²) in [6.07, 6.45) is 6.84. The normalized spacial score (nSPS) is 14.4. The van der Waals surface area contributed by atoms with Crippen LogP contribution in [0.1, 0.15) is 41.6 Å². The van der Waals surface area contributed by atoms with E-state index in [1.54, 1.807) is 6.07 Å². The zero-order valence-electron chi connectivity index (χ0n) is 14.3. The van der Waals surface area contributed by atoms with Gasteiger partial charge in [0.25, 0.3) is 0 Å². The first-order valence-corrected chi connectivity index (χ1v) is 9.14. The van der Waals surface area contributed by atoms with E-state index in [2.05, 4.69) is 4.98 Å². The zero-order chi connectivity index (χ0) is 18.7. The van der Waals surface area contributed by atoms with Gasteiger partial charge in [-0.15, -0.1) is 0 Å². The molecule has 0 aliphatic heterocycles. The molecule has 1 N–H and O–H groups in total. The monoisotopic (exact) mass is 395 g/mol. The highest BCUT2D eigenvalue weighted by molar-refractivity contribution is 6.36. The van der Waals surface area contributed by atoms with E-state index in [1.165, 1.54) is 25.6 Å². The first-order chi connectivity index (χ1) is 12.5. The third-order valence-corrected chi connectivity index (χ3v) is 5.14. The van der Waals surface area contributed by atoms with E-state index >= 15 is 0 Å². The lowest BCUT2D eigenvalue weighted by molar-refractivity contribution is 0.0988. The van der Waals surface area contributed by atoms with Crippen LogP contribution in [0.3, 0.4) is 0 Å². The Bertz CT molecular complexity index is 799. The van der Waals surface area contributed by atoms with Crippen molar-refractivity contribution in [1.82, 2.24) is 4.98 Å². The van der Waals surface area contributed by atoms with Gasteiger partial charge in [-0.1, -0.05) is 23.2 Å². The molecule has 0 unspecified atom stereocenters. The lowest BCUT2D eigenvalue weighted by Crippen LogP contribution is -2.13. The van der Waals surface area contributed by atoms with Crippen molar-refractivity contribution in [3.05, 3.63) is 45.7 Å². The number of aromatic nitrogens is 1. The molecule has 1 aromatic carbocycles. The minimum Gasteiger partial charge on any atom is -0.504 e. The molecule has 0 atom stereocenters. The molecule has 7 heteroatoms. The van der Waals surface area contributed by atoms with Crippen LogP contribution < -0.4 is 9.47 Å². The summed E-state index contributed by atoms with van der Waals surface area (Å²) >= 11 is 12.2. The Morgan fingerprint density at radius 2 is 1.88 bits per heavy atom. The number of aromatic hydroxyl groups is 1. The number of halogens is 2. The summed E-state index contributed by atoms with van der Waals surface area (Å²) in [6.45, 7) is 0. The van der Waals surface area contributed by atoms with Gasteiger partial charge in [-0.3, -0.25) is 9.78 Å². The number of phenolic OH excluding ortho intramolecular Hbond substituents is 1. The average molecular weight is 396 g/mol. The Labute approximate surface area is 161 Å². The molecule has 26 heavy (non-hydrogen) atoms. The van der Waals surface area contributed by atoms with Crippen molar-refractivity contribution < 1.29 is 19.4 Å². The molecule has 1 aliphatic carbocycles. The number of phenols is 1. The number of rotatable bonds is 6. The molecule has 0 saturated heterocycles. The van der Waals surface area contributed by atoms with Crippen molar-refractivity contribution >= 4 is 29.0 Å². The molecule has 2 aromatic rings. The zero-order valence-corrected chi connectivity index (χ0v) is 15.8. The van der Waals surface area contributed by atoms with Crippen LogP contribution in [0.5, 0.6) is 17.2 Å². The highest BCUT2D eigenvalue weighted by Crippen LogP contribution is 2.42. The van der Waals surface area contributed by atoms with E-state index in [0.717, 1.165) is 25.7 Å². The van der Waals surface area contributed by atoms with Crippen molar-refractivity contribution in [2.24, 2.45) is 0 Å². The van der Waals surface area contributed by atoms with E-state index < -0.39 is 0 Å². The van der Waals surface area contributed by atoms with Crippen molar-refractivity contribution in [1.29, 1.82) is 0 Å². The number of pyridine rings is 1. The lowest BCUT2D eigenvalue weighted by atomic mass is 10.0. The van der Waals surface area contributed by atoms with E-state index in [9.17, 15) is 9.90 Å². The van der Waals surface area contributed by atoms with Gasteiger partial charge in [-0.2, -0.15) is 0 Å². The molecule has 1 heterocycles. The number of nitrogens with zero attached hydrogens (tertiary/aromatic N) is 1. The maximum absolute atomic E-state index is 12.7. The fourth-order valence-electron chi connectivity index (χ4n) is 3.09. The fourth-order valence-corrected chi connectivity index (χ4v) is 3.59. The molecular formula is C19H19Cl2NO4. The molecule has 1 aromatic heterocycles. The molecule has 138 valence electrons. The number of ketones is 1. The number of carbonyl (C=O) groups is 1. The quantitative estimate of drug-likeness (QED) is 0.707. The number of hydrogen-bond donors (Lipinski definition) is 1. The Morgan fingerprint density at radius 3 is 2.50 bits per heavy atom. The second kappa shape index (κ2) is 8.14. The van der Waals surface area contributed by atoms with E-state index in [0.29, 0.717) is 21.4 Å². The Balaban J connectivity index is 1.90. The van der Waals surface area contributed by atoms with Crippen molar-refractivity contribution in [3.8, 4) is 17.2 Å². The van der Waals surface area contributed by atoms with Gasteiger partial charge < -0.3 is 14.6 Å². The van der Waals surface area contributed by atoms with Gasteiger partial charge in [0, 0.05) is 24.4 Å². The number of hydrogen-bond acceptors (Lipinski definition) is 5. The SMILES string of the molecule is COc1ccc(C(=O)Cc2c(Cl)cncc2Cl)c(O)c1OC1CCCC1. The minimum absolute atomic E-state index is 0.0178. The standard InChI is InChI=1S/C19H19Cl2NO4/c1-25-17-7-6-12(18(24)19(17)26-11-4-2-3-5-11)16(23)8-13-14(20)9-22-10-15(13)21/h6-7,9-11,24H,2-5,8H2,1H3. The predicted molar refractivity (Wildman–Crippen MR) is 99.8 cm³/mol. The topological polar surface area (TPSA) is 68.7 Å². The Morgan fingerprint density at radius 1 is 1.23 bits per heavy atom. The molecular weight excluding hydrogens is 377 g/mol. The van der Waals surface area contributed by atoms with Crippen LogP contribution in [-0.4, -0.2) is 29.1 Å². The molecule has 3 rings (SSSR count). The first-order valence-electron chi connectivity index (χ1n) is 8.39. The Hall–Kier alpha value is -1.98. The van der Waals surface area contributed by atoms with Gasteiger partial charge in [0.2, 0.25) is 5.75 Å². The van der Waals surface area contributed by atoms with Gasteiger partial charge in [0.1, 0.15) is 0 Å². The number of benzene rings is 1. The molecule has 0 amide bonds. The summed E-state index contributed by atoms with van der Waals surface area (Å²) in [4.78, 5) is 16.6. The summed E-state index contributed by atoms with van der Waals surface area (Å²) in [5.41, 5.74) is 0.615. The summed E-state index contributed by atoms with van der Waals surface area (Å²) in [6, 6.07) is 3.13. The smallest absolute Gasteiger partial charge is 0.204 e. The van der Waals surface area contributed by atoms with Crippen molar-refractivity contribution in [3.63, 3.8) is 0 Å². The molecule has 1 fully saturated rings. The minimum atomic E-state index is -0.323. The molecule has 0 bridgehead atoms. The second-order valence-electron chi connectivity index (χ2n) is 6.20. The van der Waals surface area contributed by atoms with Gasteiger partial charge in [-0.25, -0.2) is 0 Å². The first kappa shape index (κ1) is 18.8. The number of methoxy groups -OCH3 is 1. The molecule has 0 radical (unpaired) electrons. The van der Waals surface area contributed by atoms with Crippen LogP contribution in [0, 0.1) is 0 Å². The van der Waals surface area contributed by atoms with Crippen molar-refractivity contribution in [2.45, 2.75) is 38.2 Å². The molecule has 5 nitrogen and oxygen atoms in total. The molecule has 1 aliphatic rings. The van der Waals surface area contributed by atoms with Gasteiger partial charge in [0.05, 0.1) is 28.8 Å². The van der Waals surface area contributed by atoms with Crippen LogP contribution in [-0.2, 0) is 6.42 Å².